The highest BCUT2D eigenvalue weighted by atomic mass is 19.2. The van der Waals surface area contributed by atoms with Crippen LogP contribution in [0, 0.1) is 29.8 Å². The Morgan fingerprint density at radius 1 is 0.644 bits per heavy atom. The van der Waals surface area contributed by atoms with Crippen molar-refractivity contribution in [2.75, 3.05) is 99.0 Å². The van der Waals surface area contributed by atoms with Crippen LogP contribution in [0.25, 0.3) is 0 Å². The van der Waals surface area contributed by atoms with Gasteiger partial charge in [0.05, 0.1) is 98.9 Å². The lowest BCUT2D eigenvalue weighted by molar-refractivity contribution is -0.136. The van der Waals surface area contributed by atoms with Crippen LogP contribution in [0.2, 0.25) is 0 Å². The topological polar surface area (TPSA) is 120 Å². The van der Waals surface area contributed by atoms with Gasteiger partial charge in [0.25, 0.3) is 0 Å². The first-order valence-electron chi connectivity index (χ1n) is 15.2. The fraction of sp³-hybridized carbons (Fsp3) is 0.742. The molecule has 0 heterocycles. The summed E-state index contributed by atoms with van der Waals surface area (Å²) in [4.78, 5) is 23.5. The zero-order valence-electron chi connectivity index (χ0n) is 27.0. The van der Waals surface area contributed by atoms with Crippen molar-refractivity contribution in [1.82, 2.24) is 5.32 Å². The van der Waals surface area contributed by atoms with Crippen LogP contribution in [0.1, 0.15) is 45.6 Å². The molecule has 11 nitrogen and oxygen atoms in total. The molecule has 0 unspecified atom stereocenters. The van der Waals surface area contributed by atoms with E-state index in [1.807, 2.05) is 0 Å². The van der Waals surface area contributed by atoms with E-state index >= 15 is 0 Å². The van der Waals surface area contributed by atoms with Crippen LogP contribution in [0.5, 0.6) is 5.75 Å². The van der Waals surface area contributed by atoms with Gasteiger partial charge in [-0.05, 0) is 30.4 Å². The van der Waals surface area contributed by atoms with Crippen molar-refractivity contribution in [2.24, 2.45) is 5.41 Å². The molecule has 0 spiro atoms. The Bertz CT molecular complexity index is 936. The Balaban J connectivity index is 1.79. The summed E-state index contributed by atoms with van der Waals surface area (Å²) < 4.78 is 83.2. The maximum absolute atomic E-state index is 13.9. The van der Waals surface area contributed by atoms with Crippen LogP contribution >= 0.6 is 0 Å². The van der Waals surface area contributed by atoms with Crippen LogP contribution in [0.15, 0.2) is 6.07 Å². The van der Waals surface area contributed by atoms with Gasteiger partial charge in [-0.25, -0.2) is 8.78 Å². The largest absolute Gasteiger partial charge is 0.420 e. The molecule has 1 aromatic carbocycles. The highest BCUT2D eigenvalue weighted by Gasteiger charge is 2.21. The average molecular weight is 654 g/mol. The second-order valence-corrected chi connectivity index (χ2v) is 11.1. The van der Waals surface area contributed by atoms with Gasteiger partial charge in [-0.2, -0.15) is 4.39 Å². The second-order valence-electron chi connectivity index (χ2n) is 11.1. The molecule has 0 aliphatic rings. The minimum atomic E-state index is -1.55. The lowest BCUT2D eigenvalue weighted by Gasteiger charge is -2.17. The number of esters is 1. The number of hydrogen-bond acceptors (Lipinski definition) is 10. The summed E-state index contributed by atoms with van der Waals surface area (Å²) in [6.07, 6.45) is 0.999. The van der Waals surface area contributed by atoms with Crippen molar-refractivity contribution >= 4 is 11.9 Å². The van der Waals surface area contributed by atoms with E-state index < -0.39 is 29.2 Å². The van der Waals surface area contributed by atoms with Crippen molar-refractivity contribution in [3.63, 3.8) is 0 Å². The van der Waals surface area contributed by atoms with E-state index in [9.17, 15) is 22.8 Å². The van der Waals surface area contributed by atoms with E-state index in [2.05, 4.69) is 30.8 Å². The van der Waals surface area contributed by atoms with E-state index in [1.165, 1.54) is 6.92 Å². The zero-order chi connectivity index (χ0) is 33.3. The molecule has 0 aliphatic heterocycles. The molecule has 14 heteroatoms. The summed E-state index contributed by atoms with van der Waals surface area (Å²) in [5.41, 5.74) is 0.0237. The van der Waals surface area contributed by atoms with E-state index in [-0.39, 0.29) is 43.1 Å². The Morgan fingerprint density at radius 3 is 1.47 bits per heavy atom. The van der Waals surface area contributed by atoms with E-state index in [4.69, 9.17) is 33.2 Å². The summed E-state index contributed by atoms with van der Waals surface area (Å²) in [7, 11) is 0. The molecule has 0 radical (unpaired) electrons. The Morgan fingerprint density at radius 2 is 1.04 bits per heavy atom. The van der Waals surface area contributed by atoms with E-state index in [0.29, 0.717) is 91.7 Å². The summed E-state index contributed by atoms with van der Waals surface area (Å²) in [5.74, 6) is -5.99. The lowest BCUT2D eigenvalue weighted by atomic mass is 9.92. The summed E-state index contributed by atoms with van der Waals surface area (Å²) in [6, 6.07) is 0.684. The van der Waals surface area contributed by atoms with Crippen molar-refractivity contribution in [2.45, 2.75) is 47.0 Å². The predicted molar refractivity (Wildman–Crippen MR) is 159 cm³/mol. The number of amides is 1. The van der Waals surface area contributed by atoms with Crippen LogP contribution in [-0.4, -0.2) is 111 Å². The SMILES string of the molecule is Cc1cc(F)c(F)c(OC(=O)CCOCCOCCOCCOCCOCCOCCOCCC(=O)NCCC(C)(C)C)c1F. The molecule has 1 N–H and O–H groups in total. The van der Waals surface area contributed by atoms with Crippen LogP contribution in [-0.2, 0) is 42.7 Å². The van der Waals surface area contributed by atoms with Crippen molar-refractivity contribution in [3.05, 3.63) is 29.1 Å². The zero-order valence-corrected chi connectivity index (χ0v) is 27.0. The van der Waals surface area contributed by atoms with Gasteiger partial charge in [-0.15, -0.1) is 0 Å². The minimum absolute atomic E-state index is 0.00507. The van der Waals surface area contributed by atoms with Gasteiger partial charge in [-0.3, -0.25) is 9.59 Å². The third-order valence-corrected chi connectivity index (χ3v) is 5.87. The monoisotopic (exact) mass is 653 g/mol. The van der Waals surface area contributed by atoms with Crippen molar-refractivity contribution in [3.8, 4) is 5.75 Å². The Labute approximate surface area is 264 Å². The molecule has 0 saturated carbocycles. The third-order valence-electron chi connectivity index (χ3n) is 5.87. The molecular weight excluding hydrogens is 603 g/mol. The quantitative estimate of drug-likeness (QED) is 0.0651. The molecular formula is C31H50F3NO10. The van der Waals surface area contributed by atoms with Crippen LogP contribution in [0.4, 0.5) is 13.2 Å². The molecule has 0 atom stereocenters. The Kier molecular flexibility index (Phi) is 22.5. The fourth-order valence-corrected chi connectivity index (χ4v) is 3.36. The van der Waals surface area contributed by atoms with Gasteiger partial charge >= 0.3 is 5.97 Å². The molecule has 0 aromatic heterocycles. The second kappa shape index (κ2) is 24.8. The van der Waals surface area contributed by atoms with E-state index in [0.717, 1.165) is 6.42 Å². The maximum atomic E-state index is 13.9. The predicted octanol–water partition coefficient (Wildman–Crippen LogP) is 3.77. The molecule has 1 aromatic rings. The van der Waals surface area contributed by atoms with Gasteiger partial charge in [0.1, 0.15) is 0 Å². The first-order chi connectivity index (χ1) is 21.5. The smallest absolute Gasteiger partial charge is 0.313 e. The highest BCUT2D eigenvalue weighted by molar-refractivity contribution is 5.75. The van der Waals surface area contributed by atoms with Crippen molar-refractivity contribution < 1.29 is 60.7 Å². The first kappa shape index (κ1) is 40.7. The number of ether oxygens (including phenoxy) is 8. The standard InChI is InChI=1S/C31H50F3NO10/c1-24-23-25(32)29(34)30(28(24)33)45-27(37)6-10-39-12-14-41-16-18-43-20-22-44-21-19-42-17-15-40-13-11-38-9-5-26(36)35-8-7-31(2,3)4/h23H,5-22H2,1-4H3,(H,35,36). The van der Waals surface area contributed by atoms with Gasteiger partial charge < -0.3 is 43.2 Å². The van der Waals surface area contributed by atoms with Gasteiger partial charge in [0.2, 0.25) is 17.5 Å². The highest BCUT2D eigenvalue weighted by Crippen LogP contribution is 2.27. The third kappa shape index (κ3) is 21.9. The normalized spacial score (nSPS) is 11.6. The number of nitrogens with one attached hydrogen (secondary N) is 1. The number of halogens is 3. The number of rotatable bonds is 27. The molecule has 0 fully saturated rings. The summed E-state index contributed by atoms with van der Waals surface area (Å²) >= 11 is 0. The van der Waals surface area contributed by atoms with Crippen molar-refractivity contribution in [1.29, 1.82) is 0 Å². The first-order valence-corrected chi connectivity index (χ1v) is 15.2. The minimum Gasteiger partial charge on any atom is -0.420 e. The van der Waals surface area contributed by atoms with Gasteiger partial charge in [0.15, 0.2) is 11.6 Å². The average Bonchev–Trinajstić information content (AvgIpc) is 2.98. The summed E-state index contributed by atoms with van der Waals surface area (Å²) in [6.45, 7) is 13.2. The lowest BCUT2D eigenvalue weighted by Crippen LogP contribution is -2.28. The molecule has 0 aliphatic carbocycles. The van der Waals surface area contributed by atoms with Crippen LogP contribution < -0.4 is 10.1 Å². The molecule has 1 amide bonds. The van der Waals surface area contributed by atoms with Gasteiger partial charge in [0, 0.05) is 13.0 Å². The molecule has 1 rings (SSSR count). The van der Waals surface area contributed by atoms with Gasteiger partial charge in [-0.1, -0.05) is 20.8 Å². The van der Waals surface area contributed by atoms with E-state index in [1.54, 1.807) is 0 Å². The number of aryl methyl sites for hydroxylation is 1. The molecule has 0 bridgehead atoms. The fourth-order valence-electron chi connectivity index (χ4n) is 3.36. The molecule has 260 valence electrons. The molecule has 0 saturated heterocycles. The summed E-state index contributed by atoms with van der Waals surface area (Å²) in [5, 5.41) is 2.89. The van der Waals surface area contributed by atoms with Crippen LogP contribution in [0.3, 0.4) is 0 Å². The Hall–Kier alpha value is -2.33. The number of hydrogen-bond donors (Lipinski definition) is 1. The number of carbonyl (C=O) groups is 2. The number of benzene rings is 1. The maximum Gasteiger partial charge on any atom is 0.313 e. The number of carbonyl (C=O) groups excluding carboxylic acids is 2. The molecule has 45 heavy (non-hydrogen) atoms.